The van der Waals surface area contributed by atoms with Crippen molar-refractivity contribution in [3.05, 3.63) is 41.5 Å². The van der Waals surface area contributed by atoms with E-state index in [-0.39, 0.29) is 6.79 Å². The molecule has 1 N–H and O–H groups in total. The van der Waals surface area contributed by atoms with Gasteiger partial charge in [-0.05, 0) is 54.9 Å². The molecule has 1 aliphatic heterocycles. The monoisotopic (exact) mass is 458 g/mol. The predicted molar refractivity (Wildman–Crippen MR) is 126 cm³/mol. The summed E-state index contributed by atoms with van der Waals surface area (Å²) < 4.78 is 27.6. The Labute approximate surface area is 194 Å². The smallest absolute Gasteiger partial charge is 0.231 e. The number of nitrogens with one attached hydrogen (secondary N) is 1. The standard InChI is InChI=1S/C24H30N2O5S/c1-27-20-11-9-17(22(28-2)23(20)29-3)14-26(18-6-4-5-7-18)24(32)25-13-16-8-10-19-21(12-16)31-15-30-19/h8-12,18H,4-7,13-15H2,1-3H3,(H,25,32). The first-order chi connectivity index (χ1) is 15.6. The van der Waals surface area contributed by atoms with Gasteiger partial charge in [0.15, 0.2) is 28.1 Å². The van der Waals surface area contributed by atoms with Crippen LogP contribution in [-0.4, -0.2) is 44.2 Å². The van der Waals surface area contributed by atoms with Crippen molar-refractivity contribution in [1.29, 1.82) is 0 Å². The number of fused-ring (bicyclic) bond motifs is 1. The van der Waals surface area contributed by atoms with E-state index in [1.165, 1.54) is 12.8 Å². The van der Waals surface area contributed by atoms with Crippen LogP contribution in [0.2, 0.25) is 0 Å². The highest BCUT2D eigenvalue weighted by molar-refractivity contribution is 7.80. The maximum absolute atomic E-state index is 5.86. The van der Waals surface area contributed by atoms with Gasteiger partial charge in [-0.25, -0.2) is 0 Å². The van der Waals surface area contributed by atoms with Gasteiger partial charge in [0, 0.05) is 24.7 Å². The first kappa shape index (κ1) is 22.3. The number of hydrogen-bond acceptors (Lipinski definition) is 6. The molecule has 8 heteroatoms. The lowest BCUT2D eigenvalue weighted by Gasteiger charge is -2.32. The summed E-state index contributed by atoms with van der Waals surface area (Å²) in [5.41, 5.74) is 2.09. The zero-order valence-corrected chi connectivity index (χ0v) is 19.6. The van der Waals surface area contributed by atoms with Gasteiger partial charge in [0.25, 0.3) is 0 Å². The van der Waals surface area contributed by atoms with Crippen LogP contribution in [0.15, 0.2) is 30.3 Å². The summed E-state index contributed by atoms with van der Waals surface area (Å²) in [6.07, 6.45) is 4.69. The lowest BCUT2D eigenvalue weighted by Crippen LogP contribution is -2.44. The molecule has 1 heterocycles. The summed E-state index contributed by atoms with van der Waals surface area (Å²) in [6, 6.07) is 10.3. The number of hydrogen-bond donors (Lipinski definition) is 1. The van der Waals surface area contributed by atoms with Gasteiger partial charge in [-0.2, -0.15) is 0 Å². The van der Waals surface area contributed by atoms with Gasteiger partial charge in [0.2, 0.25) is 12.5 Å². The zero-order valence-electron chi connectivity index (χ0n) is 18.8. The number of thiocarbonyl (C=S) groups is 1. The molecule has 172 valence electrons. The minimum Gasteiger partial charge on any atom is -0.493 e. The number of benzene rings is 2. The Kier molecular flexibility index (Phi) is 7.09. The predicted octanol–water partition coefficient (Wildman–Crippen LogP) is 4.26. The van der Waals surface area contributed by atoms with Crippen LogP contribution in [0.4, 0.5) is 0 Å². The molecule has 32 heavy (non-hydrogen) atoms. The average Bonchev–Trinajstić information content (AvgIpc) is 3.52. The lowest BCUT2D eigenvalue weighted by molar-refractivity contribution is 0.174. The molecule has 0 unspecified atom stereocenters. The molecule has 0 spiro atoms. The van der Waals surface area contributed by atoms with Gasteiger partial charge >= 0.3 is 0 Å². The van der Waals surface area contributed by atoms with Crippen molar-refractivity contribution >= 4 is 17.3 Å². The van der Waals surface area contributed by atoms with Crippen molar-refractivity contribution in [2.24, 2.45) is 0 Å². The maximum atomic E-state index is 5.86. The Bertz CT molecular complexity index is 962. The van der Waals surface area contributed by atoms with Crippen LogP contribution in [0.25, 0.3) is 0 Å². The quantitative estimate of drug-likeness (QED) is 0.589. The van der Waals surface area contributed by atoms with Crippen LogP contribution in [0.3, 0.4) is 0 Å². The minimum absolute atomic E-state index is 0.271. The third kappa shape index (κ3) is 4.65. The fourth-order valence-electron chi connectivity index (χ4n) is 4.38. The van der Waals surface area contributed by atoms with E-state index in [1.54, 1.807) is 21.3 Å². The molecule has 2 aliphatic rings. The molecule has 2 aromatic rings. The fraction of sp³-hybridized carbons (Fsp3) is 0.458. The number of ether oxygens (including phenoxy) is 5. The highest BCUT2D eigenvalue weighted by Gasteiger charge is 2.27. The van der Waals surface area contributed by atoms with Crippen molar-refractivity contribution in [2.75, 3.05) is 28.1 Å². The summed E-state index contributed by atoms with van der Waals surface area (Å²) in [5.74, 6) is 3.47. The van der Waals surface area contributed by atoms with E-state index in [0.717, 1.165) is 40.6 Å². The number of rotatable bonds is 8. The minimum atomic E-state index is 0.271. The summed E-state index contributed by atoms with van der Waals surface area (Å²) in [7, 11) is 4.89. The maximum Gasteiger partial charge on any atom is 0.231 e. The molecule has 1 fully saturated rings. The zero-order chi connectivity index (χ0) is 22.5. The fourth-order valence-corrected chi connectivity index (χ4v) is 4.67. The highest BCUT2D eigenvalue weighted by Crippen LogP contribution is 2.41. The van der Waals surface area contributed by atoms with Crippen LogP contribution in [0.5, 0.6) is 28.7 Å². The number of methoxy groups -OCH3 is 3. The molecule has 2 aromatic carbocycles. The van der Waals surface area contributed by atoms with Gasteiger partial charge in [0.05, 0.1) is 21.3 Å². The van der Waals surface area contributed by atoms with E-state index in [0.29, 0.717) is 36.4 Å². The SMILES string of the molecule is COc1ccc(CN(C(=S)NCc2ccc3c(c2)OCO3)C2CCCC2)c(OC)c1OC. The first-order valence-electron chi connectivity index (χ1n) is 10.9. The topological polar surface area (TPSA) is 61.4 Å². The van der Waals surface area contributed by atoms with E-state index < -0.39 is 0 Å². The van der Waals surface area contributed by atoms with Crippen LogP contribution < -0.4 is 29.0 Å². The van der Waals surface area contributed by atoms with Crippen LogP contribution in [0, 0.1) is 0 Å². The van der Waals surface area contributed by atoms with E-state index in [2.05, 4.69) is 10.2 Å². The first-order valence-corrected chi connectivity index (χ1v) is 11.3. The Morgan fingerprint density at radius 3 is 2.47 bits per heavy atom. The summed E-state index contributed by atoms with van der Waals surface area (Å²) in [5, 5.41) is 4.17. The molecule has 0 bridgehead atoms. The molecule has 1 aliphatic carbocycles. The van der Waals surface area contributed by atoms with Gasteiger partial charge in [-0.15, -0.1) is 0 Å². The molecular formula is C24H30N2O5S. The molecule has 1 saturated carbocycles. The molecular weight excluding hydrogens is 428 g/mol. The van der Waals surface area contributed by atoms with Crippen molar-refractivity contribution in [1.82, 2.24) is 10.2 Å². The third-order valence-electron chi connectivity index (χ3n) is 6.03. The van der Waals surface area contributed by atoms with E-state index >= 15 is 0 Å². The molecule has 0 radical (unpaired) electrons. The normalized spacial score (nSPS) is 14.8. The Morgan fingerprint density at radius 2 is 1.75 bits per heavy atom. The van der Waals surface area contributed by atoms with Crippen molar-refractivity contribution in [2.45, 2.75) is 44.8 Å². The average molecular weight is 459 g/mol. The van der Waals surface area contributed by atoms with Crippen LogP contribution >= 0.6 is 12.2 Å². The number of nitrogens with zero attached hydrogens (tertiary/aromatic N) is 1. The van der Waals surface area contributed by atoms with Gasteiger partial charge in [-0.3, -0.25) is 0 Å². The summed E-state index contributed by atoms with van der Waals surface area (Å²) in [6.45, 7) is 1.51. The summed E-state index contributed by atoms with van der Waals surface area (Å²) in [4.78, 5) is 2.28. The lowest BCUT2D eigenvalue weighted by atomic mass is 10.1. The van der Waals surface area contributed by atoms with Gasteiger partial charge < -0.3 is 33.9 Å². The Hall–Kier alpha value is -2.87. The largest absolute Gasteiger partial charge is 0.493 e. The van der Waals surface area contributed by atoms with Crippen LogP contribution in [-0.2, 0) is 13.1 Å². The molecule has 0 aromatic heterocycles. The van der Waals surface area contributed by atoms with Gasteiger partial charge in [0.1, 0.15) is 0 Å². The van der Waals surface area contributed by atoms with Gasteiger partial charge in [-0.1, -0.05) is 18.9 Å². The Morgan fingerprint density at radius 1 is 1.00 bits per heavy atom. The second-order valence-electron chi connectivity index (χ2n) is 7.91. The Balaban J connectivity index is 1.52. The van der Waals surface area contributed by atoms with E-state index in [4.69, 9.17) is 35.9 Å². The molecule has 7 nitrogen and oxygen atoms in total. The second-order valence-corrected chi connectivity index (χ2v) is 8.29. The van der Waals surface area contributed by atoms with Crippen molar-refractivity contribution in [3.63, 3.8) is 0 Å². The van der Waals surface area contributed by atoms with Crippen molar-refractivity contribution < 1.29 is 23.7 Å². The molecule has 4 rings (SSSR count). The van der Waals surface area contributed by atoms with Crippen LogP contribution in [0.1, 0.15) is 36.8 Å². The van der Waals surface area contributed by atoms with E-state index in [1.807, 2.05) is 30.3 Å². The van der Waals surface area contributed by atoms with E-state index in [9.17, 15) is 0 Å². The second kappa shape index (κ2) is 10.2. The molecule has 0 atom stereocenters. The molecule has 0 saturated heterocycles. The highest BCUT2D eigenvalue weighted by atomic mass is 32.1. The third-order valence-corrected chi connectivity index (χ3v) is 6.41. The molecule has 0 amide bonds. The summed E-state index contributed by atoms with van der Waals surface area (Å²) >= 11 is 5.86. The van der Waals surface area contributed by atoms with Crippen molar-refractivity contribution in [3.8, 4) is 28.7 Å².